The van der Waals surface area contributed by atoms with Gasteiger partial charge in [-0.15, -0.1) is 0 Å². The van der Waals surface area contributed by atoms with Crippen LogP contribution in [0.2, 0.25) is 5.02 Å². The Hall–Kier alpha value is -2.27. The van der Waals surface area contributed by atoms with Gasteiger partial charge in [-0.2, -0.15) is 0 Å². The molecule has 0 aliphatic carbocycles. The molecule has 5 nitrogen and oxygen atoms in total. The molecule has 2 aromatic rings. The van der Waals surface area contributed by atoms with Gasteiger partial charge in [0, 0.05) is 55.3 Å². The predicted octanol–water partition coefficient (Wildman–Crippen LogP) is 3.98. The third-order valence-corrected chi connectivity index (χ3v) is 5.10. The molecule has 1 aliphatic heterocycles. The first kappa shape index (κ1) is 19.5. The van der Waals surface area contributed by atoms with E-state index in [1.165, 1.54) is 0 Å². The molecule has 1 amide bonds. The fourth-order valence-electron chi connectivity index (χ4n) is 3.30. The lowest BCUT2D eigenvalue weighted by atomic mass is 10.2. The number of unbranched alkanes of at least 4 members (excludes halogenated alkanes) is 2. The molecule has 1 saturated heterocycles. The van der Waals surface area contributed by atoms with Gasteiger partial charge in [-0.3, -0.25) is 9.78 Å². The number of rotatable bonds is 7. The van der Waals surface area contributed by atoms with Gasteiger partial charge in [0.1, 0.15) is 5.69 Å². The van der Waals surface area contributed by atoms with E-state index in [1.807, 2.05) is 30.3 Å². The van der Waals surface area contributed by atoms with Crippen LogP contribution >= 0.6 is 11.6 Å². The molecule has 0 atom stereocenters. The van der Waals surface area contributed by atoms with Crippen LogP contribution in [0.15, 0.2) is 42.6 Å². The van der Waals surface area contributed by atoms with E-state index in [1.54, 1.807) is 6.20 Å². The number of carbonyl (C=O) groups is 1. The van der Waals surface area contributed by atoms with Crippen molar-refractivity contribution in [1.82, 2.24) is 10.3 Å². The summed E-state index contributed by atoms with van der Waals surface area (Å²) < 4.78 is 0. The number of halogens is 1. The van der Waals surface area contributed by atoms with E-state index in [0.29, 0.717) is 12.2 Å². The molecule has 1 aromatic carbocycles. The molecule has 0 spiro atoms. The number of hydrogen-bond donors (Lipinski definition) is 1. The van der Waals surface area contributed by atoms with Crippen molar-refractivity contribution in [1.29, 1.82) is 0 Å². The van der Waals surface area contributed by atoms with Crippen molar-refractivity contribution in [2.24, 2.45) is 0 Å². The summed E-state index contributed by atoms with van der Waals surface area (Å²) in [6, 6.07) is 11.8. The van der Waals surface area contributed by atoms with Crippen molar-refractivity contribution in [3.05, 3.63) is 53.3 Å². The minimum absolute atomic E-state index is 0.0921. The first-order chi connectivity index (χ1) is 13.2. The Kier molecular flexibility index (Phi) is 6.93. The van der Waals surface area contributed by atoms with Gasteiger partial charge in [0.05, 0.1) is 0 Å². The standard InChI is InChI=1S/C21H27ClN4O/c1-2-3-4-9-24-21(27)20-16-19(8-10-23-20)26-13-11-25(12-14-26)18-7-5-6-17(22)15-18/h5-8,10,15-16H,2-4,9,11-14H2,1H3,(H,24,27). The number of amides is 1. The van der Waals surface area contributed by atoms with Gasteiger partial charge in [-0.1, -0.05) is 37.4 Å². The highest BCUT2D eigenvalue weighted by Crippen LogP contribution is 2.23. The van der Waals surface area contributed by atoms with Crippen LogP contribution in [0.3, 0.4) is 0 Å². The second-order valence-electron chi connectivity index (χ2n) is 6.82. The maximum absolute atomic E-state index is 12.3. The summed E-state index contributed by atoms with van der Waals surface area (Å²) in [7, 11) is 0. The van der Waals surface area contributed by atoms with Crippen LogP contribution in [0.4, 0.5) is 11.4 Å². The molecular formula is C21H27ClN4O. The van der Waals surface area contributed by atoms with Crippen molar-refractivity contribution in [3.8, 4) is 0 Å². The highest BCUT2D eigenvalue weighted by molar-refractivity contribution is 6.30. The average molecular weight is 387 g/mol. The average Bonchev–Trinajstić information content (AvgIpc) is 2.71. The molecule has 0 unspecified atom stereocenters. The van der Waals surface area contributed by atoms with Gasteiger partial charge in [0.15, 0.2) is 0 Å². The molecule has 3 rings (SSSR count). The Bertz CT molecular complexity index is 759. The summed E-state index contributed by atoms with van der Waals surface area (Å²) in [5.74, 6) is -0.0921. The molecule has 144 valence electrons. The third kappa shape index (κ3) is 5.36. The maximum Gasteiger partial charge on any atom is 0.269 e. The van der Waals surface area contributed by atoms with Crippen molar-refractivity contribution in [2.75, 3.05) is 42.5 Å². The maximum atomic E-state index is 12.3. The smallest absolute Gasteiger partial charge is 0.269 e. The van der Waals surface area contributed by atoms with E-state index in [2.05, 4.69) is 33.1 Å². The normalized spacial score (nSPS) is 14.3. The minimum atomic E-state index is -0.0921. The Balaban J connectivity index is 1.57. The summed E-state index contributed by atoms with van der Waals surface area (Å²) in [5.41, 5.74) is 2.69. The number of carbonyl (C=O) groups excluding carboxylic acids is 1. The molecule has 1 N–H and O–H groups in total. The Morgan fingerprint density at radius 1 is 1.07 bits per heavy atom. The number of nitrogens with one attached hydrogen (secondary N) is 1. The molecule has 0 saturated carbocycles. The molecular weight excluding hydrogens is 360 g/mol. The van der Waals surface area contributed by atoms with Crippen molar-refractivity contribution >= 4 is 28.9 Å². The quantitative estimate of drug-likeness (QED) is 0.731. The van der Waals surface area contributed by atoms with Gasteiger partial charge in [0.2, 0.25) is 0 Å². The number of anilines is 2. The van der Waals surface area contributed by atoms with Crippen LogP contribution in [0, 0.1) is 0 Å². The summed E-state index contributed by atoms with van der Waals surface area (Å²) >= 11 is 6.11. The molecule has 2 heterocycles. The van der Waals surface area contributed by atoms with E-state index in [9.17, 15) is 4.79 Å². The monoisotopic (exact) mass is 386 g/mol. The summed E-state index contributed by atoms with van der Waals surface area (Å²) in [6.45, 7) is 6.49. The Morgan fingerprint density at radius 3 is 2.44 bits per heavy atom. The molecule has 1 aliphatic rings. The van der Waals surface area contributed by atoms with Gasteiger partial charge >= 0.3 is 0 Å². The number of piperazine rings is 1. The summed E-state index contributed by atoms with van der Waals surface area (Å²) in [5, 5.41) is 3.72. The van der Waals surface area contributed by atoms with Gasteiger partial charge in [-0.25, -0.2) is 0 Å². The van der Waals surface area contributed by atoms with Crippen LogP contribution in [0.25, 0.3) is 0 Å². The second kappa shape index (κ2) is 9.60. The van der Waals surface area contributed by atoms with Crippen LogP contribution in [-0.2, 0) is 0 Å². The van der Waals surface area contributed by atoms with Crippen LogP contribution in [-0.4, -0.2) is 43.6 Å². The van der Waals surface area contributed by atoms with E-state index in [-0.39, 0.29) is 5.91 Å². The first-order valence-corrected chi connectivity index (χ1v) is 10.0. The number of nitrogens with zero attached hydrogens (tertiary/aromatic N) is 3. The Labute approximate surface area is 166 Å². The van der Waals surface area contributed by atoms with Gasteiger partial charge in [0.25, 0.3) is 5.91 Å². The molecule has 1 aromatic heterocycles. The summed E-state index contributed by atoms with van der Waals surface area (Å²) in [6.07, 6.45) is 5.00. The van der Waals surface area contributed by atoms with E-state index in [0.717, 1.165) is 61.8 Å². The molecule has 0 radical (unpaired) electrons. The fraction of sp³-hybridized carbons (Fsp3) is 0.429. The lowest BCUT2D eigenvalue weighted by molar-refractivity contribution is 0.0948. The molecule has 1 fully saturated rings. The van der Waals surface area contributed by atoms with E-state index >= 15 is 0 Å². The van der Waals surface area contributed by atoms with Crippen LogP contribution < -0.4 is 15.1 Å². The van der Waals surface area contributed by atoms with Crippen molar-refractivity contribution in [3.63, 3.8) is 0 Å². The van der Waals surface area contributed by atoms with E-state index < -0.39 is 0 Å². The van der Waals surface area contributed by atoms with Crippen molar-refractivity contribution in [2.45, 2.75) is 26.2 Å². The topological polar surface area (TPSA) is 48.5 Å². The number of aromatic nitrogens is 1. The van der Waals surface area contributed by atoms with Crippen LogP contribution in [0.1, 0.15) is 36.7 Å². The molecule has 27 heavy (non-hydrogen) atoms. The van der Waals surface area contributed by atoms with Gasteiger partial charge in [-0.05, 0) is 36.8 Å². The predicted molar refractivity (Wildman–Crippen MR) is 112 cm³/mol. The zero-order valence-corrected chi connectivity index (χ0v) is 16.6. The SMILES string of the molecule is CCCCCNC(=O)c1cc(N2CCN(c3cccc(Cl)c3)CC2)ccn1. The minimum Gasteiger partial charge on any atom is -0.368 e. The number of pyridine rings is 1. The van der Waals surface area contributed by atoms with Crippen LogP contribution in [0.5, 0.6) is 0 Å². The van der Waals surface area contributed by atoms with Gasteiger partial charge < -0.3 is 15.1 Å². The largest absolute Gasteiger partial charge is 0.368 e. The number of hydrogen-bond acceptors (Lipinski definition) is 4. The van der Waals surface area contributed by atoms with Crippen molar-refractivity contribution < 1.29 is 4.79 Å². The third-order valence-electron chi connectivity index (χ3n) is 4.86. The number of benzene rings is 1. The fourth-order valence-corrected chi connectivity index (χ4v) is 3.49. The summed E-state index contributed by atoms with van der Waals surface area (Å²) in [4.78, 5) is 21.2. The molecule has 0 bridgehead atoms. The lowest BCUT2D eigenvalue weighted by Crippen LogP contribution is -2.46. The first-order valence-electron chi connectivity index (χ1n) is 9.67. The molecule has 6 heteroatoms. The zero-order valence-electron chi connectivity index (χ0n) is 15.8. The Morgan fingerprint density at radius 2 is 1.78 bits per heavy atom. The van der Waals surface area contributed by atoms with E-state index in [4.69, 9.17) is 11.6 Å². The zero-order chi connectivity index (χ0) is 19.1. The highest BCUT2D eigenvalue weighted by Gasteiger charge is 2.19. The lowest BCUT2D eigenvalue weighted by Gasteiger charge is -2.37. The second-order valence-corrected chi connectivity index (χ2v) is 7.25. The highest BCUT2D eigenvalue weighted by atomic mass is 35.5.